The van der Waals surface area contributed by atoms with Crippen molar-refractivity contribution in [2.24, 2.45) is 0 Å². The van der Waals surface area contributed by atoms with Gasteiger partial charge in [0, 0.05) is 65.5 Å². The normalized spacial score (nSPS) is 14.0. The van der Waals surface area contributed by atoms with E-state index in [1.807, 2.05) is 52.6 Å². The molecule has 1 N–H and O–H groups in total. The molecule has 1 aliphatic heterocycles. The van der Waals surface area contributed by atoms with Gasteiger partial charge in [0.25, 0.3) is 0 Å². The molecule has 1 fully saturated rings. The highest BCUT2D eigenvalue weighted by molar-refractivity contribution is 5.95. The minimum absolute atomic E-state index is 0.0527. The van der Waals surface area contributed by atoms with Crippen LogP contribution < -0.4 is 0 Å². The van der Waals surface area contributed by atoms with Gasteiger partial charge in [0.2, 0.25) is 5.91 Å². The topological polar surface area (TPSA) is 93.9 Å². The number of aromatic nitrogens is 6. The summed E-state index contributed by atoms with van der Waals surface area (Å²) in [6, 6.07) is 12.4. The largest absolute Gasteiger partial charge is 0.378 e. The molecule has 1 aromatic carbocycles. The highest BCUT2D eigenvalue weighted by Crippen LogP contribution is 2.30. The second-order valence-corrected chi connectivity index (χ2v) is 8.65. The van der Waals surface area contributed by atoms with Gasteiger partial charge in [0.05, 0.1) is 32.2 Å². The van der Waals surface area contributed by atoms with E-state index in [9.17, 15) is 4.79 Å². The van der Waals surface area contributed by atoms with Crippen LogP contribution in [0.5, 0.6) is 0 Å². The second-order valence-electron chi connectivity index (χ2n) is 8.65. The highest BCUT2D eigenvalue weighted by Gasteiger charge is 2.18. The molecule has 9 nitrogen and oxygen atoms in total. The Morgan fingerprint density at radius 2 is 1.71 bits per heavy atom. The van der Waals surface area contributed by atoms with Gasteiger partial charge in [-0.1, -0.05) is 30.3 Å². The van der Waals surface area contributed by atoms with Gasteiger partial charge in [-0.3, -0.25) is 14.2 Å². The van der Waals surface area contributed by atoms with Crippen LogP contribution in [0.4, 0.5) is 0 Å². The average molecular weight is 468 g/mol. The summed E-state index contributed by atoms with van der Waals surface area (Å²) >= 11 is 0. The molecule has 0 unspecified atom stereocenters. The smallest absolute Gasteiger partial charge is 0.244 e. The van der Waals surface area contributed by atoms with E-state index in [4.69, 9.17) is 4.74 Å². The second kappa shape index (κ2) is 9.19. The molecule has 176 valence electrons. The van der Waals surface area contributed by atoms with Crippen LogP contribution in [-0.2, 0) is 22.6 Å². The zero-order valence-electron chi connectivity index (χ0n) is 19.2. The van der Waals surface area contributed by atoms with Gasteiger partial charge in [-0.2, -0.15) is 10.2 Å². The third-order valence-electron chi connectivity index (χ3n) is 6.29. The summed E-state index contributed by atoms with van der Waals surface area (Å²) in [4.78, 5) is 22.3. The summed E-state index contributed by atoms with van der Waals surface area (Å²) < 4.78 is 8.95. The Morgan fingerprint density at radius 1 is 0.943 bits per heavy atom. The lowest BCUT2D eigenvalue weighted by Crippen LogP contribution is -2.42. The molecule has 4 aromatic heterocycles. The molecule has 0 atom stereocenters. The van der Waals surface area contributed by atoms with Crippen LogP contribution in [0.15, 0.2) is 73.6 Å². The van der Waals surface area contributed by atoms with Gasteiger partial charge in [0.1, 0.15) is 12.2 Å². The minimum Gasteiger partial charge on any atom is -0.378 e. The quantitative estimate of drug-likeness (QED) is 0.414. The van der Waals surface area contributed by atoms with Crippen LogP contribution in [0.3, 0.4) is 0 Å². The lowest BCUT2D eigenvalue weighted by molar-refractivity contribution is -0.136. The summed E-state index contributed by atoms with van der Waals surface area (Å²) in [6.45, 7) is 3.37. The number of rotatable bonds is 6. The molecule has 6 rings (SSSR count). The first-order valence-electron chi connectivity index (χ1n) is 11.7. The standard InChI is InChI=1S/C26H25N7O2/c34-25(31-6-8-35-9-7-31)18-33-16-21(12-29-33)20-10-23-24(14-28-26(23)27-11-20)22-13-30-32(17-22)15-19-4-2-1-3-5-19/h1-5,10-14,16-17H,6-9,15,18H2,(H,27,28). The highest BCUT2D eigenvalue weighted by atomic mass is 16.5. The van der Waals surface area contributed by atoms with Crippen LogP contribution in [0.1, 0.15) is 5.56 Å². The van der Waals surface area contributed by atoms with Crippen LogP contribution >= 0.6 is 0 Å². The number of amides is 1. The third kappa shape index (κ3) is 4.45. The van der Waals surface area contributed by atoms with Gasteiger partial charge in [-0.25, -0.2) is 4.98 Å². The number of H-pyrrole nitrogens is 1. The van der Waals surface area contributed by atoms with Crippen molar-refractivity contribution in [3.8, 4) is 22.3 Å². The monoisotopic (exact) mass is 467 g/mol. The first-order valence-corrected chi connectivity index (χ1v) is 11.7. The minimum atomic E-state index is 0.0527. The molecule has 0 radical (unpaired) electrons. The molecular weight excluding hydrogens is 442 g/mol. The zero-order valence-corrected chi connectivity index (χ0v) is 19.2. The number of nitrogens with zero attached hydrogens (tertiary/aromatic N) is 6. The fraction of sp³-hybridized carbons (Fsp3) is 0.231. The number of morpholine rings is 1. The number of fused-ring (bicyclic) bond motifs is 1. The molecule has 9 heteroatoms. The van der Waals surface area contributed by atoms with Gasteiger partial charge in [-0.05, 0) is 11.6 Å². The number of nitrogens with one attached hydrogen (secondary N) is 1. The Morgan fingerprint density at radius 3 is 2.57 bits per heavy atom. The molecule has 0 saturated carbocycles. The maximum atomic E-state index is 12.6. The molecule has 1 aliphatic rings. The summed E-state index contributed by atoms with van der Waals surface area (Å²) in [6.07, 6.45) is 11.4. The van der Waals surface area contributed by atoms with Crippen molar-refractivity contribution >= 4 is 16.9 Å². The summed E-state index contributed by atoms with van der Waals surface area (Å²) in [5.74, 6) is 0.0527. The maximum absolute atomic E-state index is 12.6. The van der Waals surface area contributed by atoms with Gasteiger partial charge in [0.15, 0.2) is 0 Å². The number of benzene rings is 1. The maximum Gasteiger partial charge on any atom is 0.244 e. The SMILES string of the molecule is O=C(Cn1cc(-c2cnc3[nH]cc(-c4cnn(Cc5ccccc5)c4)c3c2)cn1)N1CCOCC1. The lowest BCUT2D eigenvalue weighted by Gasteiger charge is -2.26. The third-order valence-corrected chi connectivity index (χ3v) is 6.29. The van der Waals surface area contributed by atoms with Crippen molar-refractivity contribution in [3.63, 3.8) is 0 Å². The fourth-order valence-corrected chi connectivity index (χ4v) is 4.41. The van der Waals surface area contributed by atoms with E-state index in [1.54, 1.807) is 10.9 Å². The Kier molecular flexibility index (Phi) is 5.59. The summed E-state index contributed by atoms with van der Waals surface area (Å²) in [5, 5.41) is 9.97. The summed E-state index contributed by atoms with van der Waals surface area (Å²) in [7, 11) is 0. The first-order chi connectivity index (χ1) is 17.2. The molecule has 5 aromatic rings. The number of carbonyl (C=O) groups excluding carboxylic acids is 1. The molecule has 0 aliphatic carbocycles. The Bertz CT molecular complexity index is 1460. The van der Waals surface area contributed by atoms with Crippen LogP contribution in [0.25, 0.3) is 33.3 Å². The van der Waals surface area contributed by atoms with Crippen molar-refractivity contribution in [2.75, 3.05) is 26.3 Å². The Balaban J connectivity index is 1.23. The van der Waals surface area contributed by atoms with E-state index in [0.29, 0.717) is 26.3 Å². The van der Waals surface area contributed by atoms with Gasteiger partial charge < -0.3 is 14.6 Å². The van der Waals surface area contributed by atoms with Crippen molar-refractivity contribution in [3.05, 3.63) is 79.1 Å². The molecule has 0 bridgehead atoms. The van der Waals surface area contributed by atoms with Gasteiger partial charge in [-0.15, -0.1) is 0 Å². The van der Waals surface area contributed by atoms with E-state index >= 15 is 0 Å². The van der Waals surface area contributed by atoms with E-state index in [0.717, 1.165) is 39.8 Å². The molecule has 35 heavy (non-hydrogen) atoms. The Hall–Kier alpha value is -4.24. The predicted octanol–water partition coefficient (Wildman–Crippen LogP) is 3.20. The van der Waals surface area contributed by atoms with E-state index in [-0.39, 0.29) is 12.5 Å². The van der Waals surface area contributed by atoms with E-state index in [2.05, 4.69) is 44.6 Å². The number of pyridine rings is 1. The van der Waals surface area contributed by atoms with Crippen LogP contribution in [-0.4, -0.2) is 66.6 Å². The number of ether oxygens (including phenoxy) is 1. The molecule has 1 saturated heterocycles. The van der Waals surface area contributed by atoms with Crippen molar-refractivity contribution in [1.29, 1.82) is 0 Å². The lowest BCUT2D eigenvalue weighted by atomic mass is 10.1. The van der Waals surface area contributed by atoms with E-state index < -0.39 is 0 Å². The fourth-order valence-electron chi connectivity index (χ4n) is 4.41. The van der Waals surface area contributed by atoms with Crippen molar-refractivity contribution in [2.45, 2.75) is 13.1 Å². The van der Waals surface area contributed by atoms with E-state index in [1.165, 1.54) is 5.56 Å². The molecule has 1 amide bonds. The van der Waals surface area contributed by atoms with Crippen LogP contribution in [0.2, 0.25) is 0 Å². The van der Waals surface area contributed by atoms with Crippen molar-refractivity contribution in [1.82, 2.24) is 34.4 Å². The molecule has 5 heterocycles. The summed E-state index contributed by atoms with van der Waals surface area (Å²) in [5.41, 5.74) is 5.95. The number of carbonyl (C=O) groups is 1. The average Bonchev–Trinajstić information content (AvgIpc) is 3.65. The van der Waals surface area contributed by atoms with Crippen molar-refractivity contribution < 1.29 is 9.53 Å². The number of hydrogen-bond donors (Lipinski definition) is 1. The first kappa shape index (κ1) is 21.3. The predicted molar refractivity (Wildman–Crippen MR) is 131 cm³/mol. The number of aromatic amines is 1. The molecular formula is C26H25N7O2. The Labute approximate surface area is 202 Å². The number of hydrogen-bond acceptors (Lipinski definition) is 5. The molecule has 0 spiro atoms. The van der Waals surface area contributed by atoms with Crippen LogP contribution in [0, 0.1) is 0 Å². The zero-order chi connectivity index (χ0) is 23.6. The van der Waals surface area contributed by atoms with Gasteiger partial charge >= 0.3 is 0 Å².